The van der Waals surface area contributed by atoms with Gasteiger partial charge in [-0.15, -0.1) is 0 Å². The van der Waals surface area contributed by atoms with Gasteiger partial charge in [-0.05, 0) is 29.8 Å². The number of ether oxygens (including phenoxy) is 1. The van der Waals surface area contributed by atoms with Crippen molar-refractivity contribution in [3.05, 3.63) is 60.3 Å². The monoisotopic (exact) mass is 320 g/mol. The molecule has 0 spiro atoms. The summed E-state index contributed by atoms with van der Waals surface area (Å²) in [5.41, 5.74) is 6.98. The summed E-state index contributed by atoms with van der Waals surface area (Å²) in [6.07, 6.45) is 3.54. The van der Waals surface area contributed by atoms with Gasteiger partial charge in [0.05, 0.1) is 19.0 Å². The molecule has 0 amide bonds. The van der Waals surface area contributed by atoms with Gasteiger partial charge in [-0.3, -0.25) is 10.4 Å². The molecule has 0 aliphatic carbocycles. The zero-order valence-electron chi connectivity index (χ0n) is 14.0. The van der Waals surface area contributed by atoms with Crippen LogP contribution >= 0.6 is 0 Å². The molecule has 5 nitrogen and oxygen atoms in total. The first-order valence-corrected chi connectivity index (χ1v) is 7.67. The van der Waals surface area contributed by atoms with Crippen LogP contribution in [0.3, 0.4) is 0 Å². The highest BCUT2D eigenvalue weighted by atomic mass is 16.5. The van der Waals surface area contributed by atoms with Gasteiger partial charge in [0.25, 0.3) is 0 Å². The second-order valence-electron chi connectivity index (χ2n) is 5.57. The predicted octanol–water partition coefficient (Wildman–Crippen LogP) is 3.76. The Morgan fingerprint density at radius 2 is 1.88 bits per heavy atom. The standard InChI is InChI=1S/C19H20N4O/c1-23(2)15-9-7-14(8-10-15)13-21-22-17-11-12-20-19-16(17)5-4-6-18(19)24-3/h4-13H,1-3H3,(H,20,22)/b21-13+. The smallest absolute Gasteiger partial charge is 0.145 e. The molecule has 0 saturated heterocycles. The largest absolute Gasteiger partial charge is 0.494 e. The molecular weight excluding hydrogens is 300 g/mol. The molecule has 0 atom stereocenters. The van der Waals surface area contributed by atoms with E-state index in [9.17, 15) is 0 Å². The molecule has 1 heterocycles. The molecule has 3 aromatic rings. The zero-order valence-corrected chi connectivity index (χ0v) is 14.0. The normalized spacial score (nSPS) is 11.0. The lowest BCUT2D eigenvalue weighted by Crippen LogP contribution is -2.08. The first kappa shape index (κ1) is 15.8. The lowest BCUT2D eigenvalue weighted by Gasteiger charge is -2.11. The quantitative estimate of drug-likeness (QED) is 0.574. The summed E-state index contributed by atoms with van der Waals surface area (Å²) in [4.78, 5) is 6.45. The molecule has 0 unspecified atom stereocenters. The number of rotatable bonds is 5. The van der Waals surface area contributed by atoms with E-state index in [1.165, 1.54) is 0 Å². The van der Waals surface area contributed by atoms with Crippen LogP contribution in [0.1, 0.15) is 5.56 Å². The fourth-order valence-corrected chi connectivity index (χ4v) is 2.45. The Balaban J connectivity index is 1.80. The molecule has 24 heavy (non-hydrogen) atoms. The molecular formula is C19H20N4O. The van der Waals surface area contributed by atoms with Crippen LogP contribution in [0.5, 0.6) is 5.75 Å². The number of methoxy groups -OCH3 is 1. The van der Waals surface area contributed by atoms with E-state index in [1.807, 2.05) is 50.5 Å². The maximum Gasteiger partial charge on any atom is 0.145 e. The second-order valence-corrected chi connectivity index (χ2v) is 5.57. The Kier molecular flexibility index (Phi) is 4.61. The van der Waals surface area contributed by atoms with E-state index in [1.54, 1.807) is 19.5 Å². The molecule has 0 saturated carbocycles. The summed E-state index contributed by atoms with van der Waals surface area (Å²) in [7, 11) is 5.69. The van der Waals surface area contributed by atoms with E-state index in [-0.39, 0.29) is 0 Å². The van der Waals surface area contributed by atoms with Crippen LogP contribution in [0.2, 0.25) is 0 Å². The van der Waals surface area contributed by atoms with Crippen molar-refractivity contribution in [2.45, 2.75) is 0 Å². The molecule has 0 bridgehead atoms. The number of hydrogen-bond acceptors (Lipinski definition) is 5. The number of nitrogens with one attached hydrogen (secondary N) is 1. The van der Waals surface area contributed by atoms with E-state index in [0.29, 0.717) is 0 Å². The van der Waals surface area contributed by atoms with E-state index < -0.39 is 0 Å². The molecule has 5 heteroatoms. The maximum absolute atomic E-state index is 5.35. The van der Waals surface area contributed by atoms with Gasteiger partial charge >= 0.3 is 0 Å². The zero-order chi connectivity index (χ0) is 16.9. The van der Waals surface area contributed by atoms with Gasteiger partial charge in [-0.25, -0.2) is 0 Å². The molecule has 3 rings (SSSR count). The minimum absolute atomic E-state index is 0.749. The van der Waals surface area contributed by atoms with E-state index in [4.69, 9.17) is 4.74 Å². The minimum atomic E-state index is 0.749. The van der Waals surface area contributed by atoms with Crippen LogP contribution in [-0.2, 0) is 0 Å². The van der Waals surface area contributed by atoms with Crippen LogP contribution in [0.15, 0.2) is 59.8 Å². The fraction of sp³-hybridized carbons (Fsp3) is 0.158. The number of hydrogen-bond donors (Lipinski definition) is 1. The Morgan fingerprint density at radius 1 is 1.08 bits per heavy atom. The minimum Gasteiger partial charge on any atom is -0.494 e. The third-order valence-electron chi connectivity index (χ3n) is 3.76. The van der Waals surface area contributed by atoms with Crippen molar-refractivity contribution in [3.63, 3.8) is 0 Å². The Morgan fingerprint density at radius 3 is 2.58 bits per heavy atom. The SMILES string of the molecule is COc1cccc2c(N/N=C/c3ccc(N(C)C)cc3)ccnc12. The molecule has 0 aliphatic heterocycles. The van der Waals surface area contributed by atoms with Crippen molar-refractivity contribution < 1.29 is 4.74 Å². The number of hydrazone groups is 1. The molecule has 0 fully saturated rings. The lowest BCUT2D eigenvalue weighted by molar-refractivity contribution is 0.419. The van der Waals surface area contributed by atoms with E-state index in [2.05, 4.69) is 32.5 Å². The van der Waals surface area contributed by atoms with Gasteiger partial charge in [0.2, 0.25) is 0 Å². The molecule has 2 aromatic carbocycles. The van der Waals surface area contributed by atoms with Crippen LogP contribution in [0, 0.1) is 0 Å². The van der Waals surface area contributed by atoms with Crippen LogP contribution in [0.4, 0.5) is 11.4 Å². The number of para-hydroxylation sites is 1. The summed E-state index contributed by atoms with van der Waals surface area (Å²) in [6, 6.07) is 15.9. The van der Waals surface area contributed by atoms with Crippen molar-refractivity contribution in [2.75, 3.05) is 31.5 Å². The van der Waals surface area contributed by atoms with Crippen LogP contribution in [0.25, 0.3) is 10.9 Å². The summed E-state index contributed by atoms with van der Waals surface area (Å²) in [5, 5.41) is 5.30. The van der Waals surface area contributed by atoms with E-state index in [0.717, 1.165) is 33.6 Å². The maximum atomic E-state index is 5.35. The number of benzene rings is 2. The fourth-order valence-electron chi connectivity index (χ4n) is 2.45. The Bertz CT molecular complexity index is 857. The lowest BCUT2D eigenvalue weighted by atomic mass is 10.2. The average molecular weight is 320 g/mol. The van der Waals surface area contributed by atoms with Gasteiger partial charge in [0.1, 0.15) is 11.3 Å². The Hall–Kier alpha value is -3.08. The van der Waals surface area contributed by atoms with Crippen LogP contribution < -0.4 is 15.1 Å². The Labute approximate surface area is 141 Å². The topological polar surface area (TPSA) is 49.8 Å². The molecule has 0 radical (unpaired) electrons. The third kappa shape index (κ3) is 3.30. The highest BCUT2D eigenvalue weighted by molar-refractivity contribution is 5.95. The van der Waals surface area contributed by atoms with E-state index >= 15 is 0 Å². The highest BCUT2D eigenvalue weighted by Crippen LogP contribution is 2.28. The number of nitrogens with zero attached hydrogens (tertiary/aromatic N) is 3. The first-order chi connectivity index (χ1) is 11.7. The number of aromatic nitrogens is 1. The first-order valence-electron chi connectivity index (χ1n) is 7.67. The highest BCUT2D eigenvalue weighted by Gasteiger charge is 2.05. The van der Waals surface area contributed by atoms with Crippen LogP contribution in [-0.4, -0.2) is 32.4 Å². The predicted molar refractivity (Wildman–Crippen MR) is 100 cm³/mol. The van der Waals surface area contributed by atoms with Crippen molar-refractivity contribution in [3.8, 4) is 5.75 Å². The summed E-state index contributed by atoms with van der Waals surface area (Å²) < 4.78 is 5.35. The number of pyridine rings is 1. The summed E-state index contributed by atoms with van der Waals surface area (Å²) in [5.74, 6) is 0.749. The number of anilines is 2. The molecule has 122 valence electrons. The van der Waals surface area contributed by atoms with Gasteiger partial charge in [-0.1, -0.05) is 24.3 Å². The third-order valence-corrected chi connectivity index (χ3v) is 3.76. The summed E-state index contributed by atoms with van der Waals surface area (Å²) >= 11 is 0. The average Bonchev–Trinajstić information content (AvgIpc) is 2.62. The molecule has 1 aromatic heterocycles. The second kappa shape index (κ2) is 7.00. The summed E-state index contributed by atoms with van der Waals surface area (Å²) in [6.45, 7) is 0. The number of fused-ring (bicyclic) bond motifs is 1. The van der Waals surface area contributed by atoms with Gasteiger partial charge in [-0.2, -0.15) is 5.10 Å². The van der Waals surface area contributed by atoms with Crippen molar-refractivity contribution in [1.29, 1.82) is 0 Å². The van der Waals surface area contributed by atoms with Crippen molar-refractivity contribution >= 4 is 28.5 Å². The molecule has 0 aliphatic rings. The van der Waals surface area contributed by atoms with Gasteiger partial charge in [0, 0.05) is 31.4 Å². The van der Waals surface area contributed by atoms with Gasteiger partial charge < -0.3 is 9.64 Å². The van der Waals surface area contributed by atoms with Crippen molar-refractivity contribution in [2.24, 2.45) is 5.10 Å². The molecule has 1 N–H and O–H groups in total. The van der Waals surface area contributed by atoms with Gasteiger partial charge in [0.15, 0.2) is 0 Å². The van der Waals surface area contributed by atoms with Crippen molar-refractivity contribution in [1.82, 2.24) is 4.98 Å².